The van der Waals surface area contributed by atoms with E-state index in [0.29, 0.717) is 5.82 Å². The van der Waals surface area contributed by atoms with Gasteiger partial charge in [-0.25, -0.2) is 9.97 Å². The maximum atomic E-state index is 4.61. The van der Waals surface area contributed by atoms with E-state index in [9.17, 15) is 0 Å². The minimum Gasteiger partial charge on any atom is -0.306 e. The molecule has 0 spiro atoms. The average molecular weight is 378 g/mol. The molecule has 0 radical (unpaired) electrons. The van der Waals surface area contributed by atoms with Crippen LogP contribution in [0.3, 0.4) is 0 Å². The number of pyridine rings is 1. The van der Waals surface area contributed by atoms with Gasteiger partial charge in [0.2, 0.25) is 0 Å². The highest BCUT2D eigenvalue weighted by atomic mass is 32.1. The van der Waals surface area contributed by atoms with Gasteiger partial charge in [0.15, 0.2) is 5.82 Å². The van der Waals surface area contributed by atoms with E-state index < -0.39 is 0 Å². The fraction of sp³-hybridized carbons (Fsp3) is 0. The Balaban J connectivity index is 1.63. The Hall–Kier alpha value is -3.57. The molecule has 0 bridgehead atoms. The van der Waals surface area contributed by atoms with Gasteiger partial charge in [-0.1, -0.05) is 24.3 Å². The Morgan fingerprint density at radius 2 is 1.61 bits per heavy atom. The normalized spacial score (nSPS) is 11.6. The van der Waals surface area contributed by atoms with Gasteiger partial charge in [0.25, 0.3) is 0 Å². The number of hydrogen-bond acceptors (Lipinski definition) is 4. The van der Waals surface area contributed by atoms with Crippen molar-refractivity contribution in [1.82, 2.24) is 19.5 Å². The summed E-state index contributed by atoms with van der Waals surface area (Å²) >= 11 is 1.79. The second-order valence-corrected chi connectivity index (χ2v) is 7.57. The molecule has 0 aliphatic rings. The van der Waals surface area contributed by atoms with Crippen LogP contribution in [0, 0.1) is 0 Å². The van der Waals surface area contributed by atoms with Gasteiger partial charge in [0.05, 0.1) is 29.1 Å². The van der Waals surface area contributed by atoms with E-state index in [1.54, 1.807) is 23.7 Å². The Kier molecular flexibility index (Phi) is 3.30. The molecule has 4 aromatic heterocycles. The predicted octanol–water partition coefficient (Wildman–Crippen LogP) is 5.85. The van der Waals surface area contributed by atoms with Crippen molar-refractivity contribution in [2.24, 2.45) is 0 Å². The number of fused-ring (bicyclic) bond motifs is 5. The van der Waals surface area contributed by atoms with Crippen molar-refractivity contribution < 1.29 is 0 Å². The third-order valence-corrected chi connectivity index (χ3v) is 6.04. The average Bonchev–Trinajstić information content (AvgIpc) is 3.36. The van der Waals surface area contributed by atoms with Gasteiger partial charge in [-0.2, -0.15) is 0 Å². The lowest BCUT2D eigenvalue weighted by Gasteiger charge is -2.08. The Morgan fingerprint density at radius 3 is 2.46 bits per heavy atom. The number of thiophene rings is 1. The van der Waals surface area contributed by atoms with Crippen LogP contribution in [0.1, 0.15) is 0 Å². The van der Waals surface area contributed by atoms with E-state index in [2.05, 4.69) is 67.4 Å². The van der Waals surface area contributed by atoms with E-state index >= 15 is 0 Å². The first kappa shape index (κ1) is 15.5. The van der Waals surface area contributed by atoms with Crippen LogP contribution in [0.15, 0.2) is 84.8 Å². The predicted molar refractivity (Wildman–Crippen MR) is 115 cm³/mol. The zero-order chi connectivity index (χ0) is 18.5. The Morgan fingerprint density at radius 1 is 0.786 bits per heavy atom. The molecule has 0 unspecified atom stereocenters. The molecule has 0 amide bonds. The standard InChI is InChI=1S/C23H14N4S/c1-2-4-19-18(3-1)21-20(6-5-15-9-12-28-22(15)21)27(19)17-13-25-23(26-14-17)16-7-10-24-11-8-16/h1-14H. The summed E-state index contributed by atoms with van der Waals surface area (Å²) in [5.41, 5.74) is 4.26. The molecule has 132 valence electrons. The van der Waals surface area contributed by atoms with E-state index in [-0.39, 0.29) is 0 Å². The van der Waals surface area contributed by atoms with Crippen molar-refractivity contribution in [2.75, 3.05) is 0 Å². The van der Waals surface area contributed by atoms with Crippen LogP contribution < -0.4 is 0 Å². The molecular formula is C23H14N4S. The highest BCUT2D eigenvalue weighted by Gasteiger charge is 2.15. The molecule has 0 aliphatic carbocycles. The molecule has 0 N–H and O–H groups in total. The molecule has 0 aliphatic heterocycles. The largest absolute Gasteiger partial charge is 0.306 e. The van der Waals surface area contributed by atoms with Crippen LogP contribution in [-0.2, 0) is 0 Å². The first-order valence-corrected chi connectivity index (χ1v) is 9.90. The molecule has 6 rings (SSSR count). The SMILES string of the molecule is c1ccc2c(c1)c1c3sccc3ccc1n2-c1cnc(-c2ccncc2)nc1. The smallest absolute Gasteiger partial charge is 0.159 e. The number of aromatic nitrogens is 4. The third kappa shape index (κ3) is 2.20. The van der Waals surface area contributed by atoms with Crippen LogP contribution in [0.4, 0.5) is 0 Å². The van der Waals surface area contributed by atoms with E-state index in [1.807, 2.05) is 24.5 Å². The first-order chi connectivity index (χ1) is 13.9. The topological polar surface area (TPSA) is 43.6 Å². The summed E-state index contributed by atoms with van der Waals surface area (Å²) in [6.45, 7) is 0. The maximum absolute atomic E-state index is 4.61. The fourth-order valence-corrected chi connectivity index (χ4v) is 4.80. The van der Waals surface area contributed by atoms with Gasteiger partial charge in [0, 0.05) is 33.4 Å². The van der Waals surface area contributed by atoms with Gasteiger partial charge >= 0.3 is 0 Å². The molecule has 0 fully saturated rings. The zero-order valence-electron chi connectivity index (χ0n) is 14.8. The summed E-state index contributed by atoms with van der Waals surface area (Å²) in [6.07, 6.45) is 7.30. The van der Waals surface area contributed by atoms with Gasteiger partial charge in [-0.05, 0) is 41.1 Å². The lowest BCUT2D eigenvalue weighted by molar-refractivity contribution is 1.08. The summed E-state index contributed by atoms with van der Waals surface area (Å²) in [7, 11) is 0. The molecule has 0 saturated carbocycles. The van der Waals surface area contributed by atoms with Crippen molar-refractivity contribution >= 4 is 43.2 Å². The van der Waals surface area contributed by atoms with Crippen molar-refractivity contribution in [3.05, 3.63) is 84.8 Å². The molecule has 4 nitrogen and oxygen atoms in total. The van der Waals surface area contributed by atoms with Crippen molar-refractivity contribution in [3.63, 3.8) is 0 Å². The second-order valence-electron chi connectivity index (χ2n) is 6.65. The summed E-state index contributed by atoms with van der Waals surface area (Å²) < 4.78 is 3.57. The van der Waals surface area contributed by atoms with Crippen molar-refractivity contribution in [2.45, 2.75) is 0 Å². The van der Waals surface area contributed by atoms with Gasteiger partial charge in [0.1, 0.15) is 0 Å². The van der Waals surface area contributed by atoms with Crippen molar-refractivity contribution in [3.8, 4) is 17.1 Å². The number of rotatable bonds is 2. The maximum Gasteiger partial charge on any atom is 0.159 e. The van der Waals surface area contributed by atoms with Gasteiger partial charge in [-0.15, -0.1) is 11.3 Å². The van der Waals surface area contributed by atoms with Crippen LogP contribution in [0.5, 0.6) is 0 Å². The summed E-state index contributed by atoms with van der Waals surface area (Å²) in [6, 6.07) is 18.9. The highest BCUT2D eigenvalue weighted by Crippen LogP contribution is 2.38. The van der Waals surface area contributed by atoms with Crippen molar-refractivity contribution in [1.29, 1.82) is 0 Å². The summed E-state index contributed by atoms with van der Waals surface area (Å²) in [4.78, 5) is 13.3. The Bertz CT molecular complexity index is 1450. The fourth-order valence-electron chi connectivity index (χ4n) is 3.84. The van der Waals surface area contributed by atoms with Crippen LogP contribution in [0.25, 0.3) is 49.0 Å². The highest BCUT2D eigenvalue weighted by molar-refractivity contribution is 7.18. The molecule has 4 heterocycles. The molecule has 6 aromatic rings. The van der Waals surface area contributed by atoms with Crippen LogP contribution >= 0.6 is 11.3 Å². The molecule has 2 aromatic carbocycles. The summed E-state index contributed by atoms with van der Waals surface area (Å²) in [5, 5.41) is 5.98. The monoisotopic (exact) mass is 378 g/mol. The molecular weight excluding hydrogens is 364 g/mol. The minimum atomic E-state index is 0.701. The minimum absolute atomic E-state index is 0.701. The second kappa shape index (κ2) is 5.97. The lowest BCUT2D eigenvalue weighted by atomic mass is 10.1. The van der Waals surface area contributed by atoms with Gasteiger partial charge in [-0.3, -0.25) is 4.98 Å². The molecule has 0 saturated heterocycles. The number of hydrogen-bond donors (Lipinski definition) is 0. The van der Waals surface area contributed by atoms with E-state index in [0.717, 1.165) is 11.3 Å². The van der Waals surface area contributed by atoms with E-state index in [4.69, 9.17) is 0 Å². The summed E-state index contributed by atoms with van der Waals surface area (Å²) in [5.74, 6) is 0.701. The third-order valence-electron chi connectivity index (χ3n) is 5.09. The lowest BCUT2D eigenvalue weighted by Crippen LogP contribution is -1.97. The zero-order valence-corrected chi connectivity index (χ0v) is 15.6. The number of nitrogens with zero attached hydrogens (tertiary/aromatic N) is 4. The molecule has 0 atom stereocenters. The molecule has 28 heavy (non-hydrogen) atoms. The Labute approximate surface area is 164 Å². The molecule has 5 heteroatoms. The quantitative estimate of drug-likeness (QED) is 0.379. The van der Waals surface area contributed by atoms with Gasteiger partial charge < -0.3 is 4.57 Å². The van der Waals surface area contributed by atoms with Crippen LogP contribution in [-0.4, -0.2) is 19.5 Å². The van der Waals surface area contributed by atoms with Crippen LogP contribution in [0.2, 0.25) is 0 Å². The number of benzene rings is 2. The number of para-hydroxylation sites is 1. The first-order valence-electron chi connectivity index (χ1n) is 9.02. The van der Waals surface area contributed by atoms with E-state index in [1.165, 1.54) is 31.9 Å².